The number of aliphatic carboxylic acids is 1. The number of fused-ring (bicyclic) bond motifs is 1. The lowest BCUT2D eigenvalue weighted by Gasteiger charge is -2.26. The van der Waals surface area contributed by atoms with E-state index in [9.17, 15) is 9.90 Å². The van der Waals surface area contributed by atoms with E-state index in [-0.39, 0.29) is 19.4 Å². The largest absolute Gasteiger partial charge is 0.480 e. The van der Waals surface area contributed by atoms with Gasteiger partial charge in [0.15, 0.2) is 0 Å². The number of carboxylic acids is 1. The van der Waals surface area contributed by atoms with Gasteiger partial charge in [0.1, 0.15) is 11.9 Å². The van der Waals surface area contributed by atoms with Crippen LogP contribution < -0.4 is 5.32 Å². The van der Waals surface area contributed by atoms with Gasteiger partial charge in [0.05, 0.1) is 12.7 Å². The van der Waals surface area contributed by atoms with E-state index in [1.54, 1.807) is 15.8 Å². The monoisotopic (exact) mass is 523 g/mol. The van der Waals surface area contributed by atoms with E-state index in [1.165, 1.54) is 11.8 Å². The minimum Gasteiger partial charge on any atom is -0.480 e. The first-order valence-electron chi connectivity index (χ1n) is 13.5. The maximum absolute atomic E-state index is 15.2. The summed E-state index contributed by atoms with van der Waals surface area (Å²) in [5.74, 6) is -3.79. The Hall–Kier alpha value is -3.33. The van der Waals surface area contributed by atoms with Crippen LogP contribution in [0.25, 0.3) is 0 Å². The van der Waals surface area contributed by atoms with Crippen LogP contribution in [0.5, 0.6) is 0 Å². The molecule has 2 aromatic heterocycles. The van der Waals surface area contributed by atoms with Crippen LogP contribution >= 0.6 is 0 Å². The molecule has 9 heteroatoms. The number of nitrogens with zero attached hydrogens (tertiary/aromatic N) is 4. The number of carboxylic acid groups (broad SMARTS) is 1. The molecule has 1 fully saturated rings. The second kappa shape index (κ2) is 11.6. The van der Waals surface area contributed by atoms with Crippen LogP contribution in [0.1, 0.15) is 60.5 Å². The number of nitrogens with one attached hydrogen (secondary N) is 1. The number of benzene rings is 1. The standard InChI is InChI=1S/C29H35F2N5O2/c30-29(31,14-5-4-10-25-12-11-22-9-6-15-32-27(22)34-25)24-13-16-35(20-24)26(28(37)38)23-17-33-36(19-23)18-21-7-2-1-3-8-21/h1-3,7-8,11-12,17,19,24,26H,4-6,9-10,13-16,18,20H2,(H,32,34)(H,37,38)/t24-,26-/m1/s1. The Kier molecular flexibility index (Phi) is 8.02. The molecular formula is C29H35F2N5O2. The van der Waals surface area contributed by atoms with E-state index < -0.39 is 23.9 Å². The van der Waals surface area contributed by atoms with Crippen molar-refractivity contribution in [1.82, 2.24) is 19.7 Å². The number of unbranched alkanes of at least 4 members (excludes halogenated alkanes) is 1. The molecule has 4 heterocycles. The first kappa shape index (κ1) is 26.3. The van der Waals surface area contributed by atoms with Crippen molar-refractivity contribution >= 4 is 11.8 Å². The molecule has 2 aliphatic heterocycles. The van der Waals surface area contributed by atoms with Crippen LogP contribution in [0.4, 0.5) is 14.6 Å². The first-order chi connectivity index (χ1) is 18.4. The fourth-order valence-corrected chi connectivity index (χ4v) is 5.63. The van der Waals surface area contributed by atoms with E-state index >= 15 is 8.78 Å². The summed E-state index contributed by atoms with van der Waals surface area (Å²) in [4.78, 5) is 18.5. The van der Waals surface area contributed by atoms with E-state index in [4.69, 9.17) is 0 Å². The molecule has 202 valence electrons. The summed E-state index contributed by atoms with van der Waals surface area (Å²) in [6.07, 6.45) is 7.20. The van der Waals surface area contributed by atoms with Crippen LogP contribution in [-0.2, 0) is 24.2 Å². The zero-order valence-electron chi connectivity index (χ0n) is 21.5. The van der Waals surface area contributed by atoms with Crippen molar-refractivity contribution in [2.24, 2.45) is 5.92 Å². The Labute approximate surface area is 221 Å². The fourth-order valence-electron chi connectivity index (χ4n) is 5.63. The normalized spacial score (nSPS) is 18.6. The molecule has 0 spiro atoms. The number of hydrogen-bond donors (Lipinski definition) is 2. The number of aryl methyl sites for hydroxylation is 2. The van der Waals surface area contributed by atoms with Crippen molar-refractivity contribution in [3.63, 3.8) is 0 Å². The Morgan fingerprint density at radius 1 is 1.18 bits per heavy atom. The zero-order valence-corrected chi connectivity index (χ0v) is 21.5. The number of alkyl halides is 2. The molecule has 0 unspecified atom stereocenters. The molecule has 1 saturated heterocycles. The lowest BCUT2D eigenvalue weighted by molar-refractivity contribution is -0.143. The van der Waals surface area contributed by atoms with Gasteiger partial charge in [0, 0.05) is 42.9 Å². The van der Waals surface area contributed by atoms with E-state index in [0.717, 1.165) is 36.5 Å². The SMILES string of the molecule is O=C(O)[C@@H](c1cnn(Cc2ccccc2)c1)N1CC[C@@H](C(F)(F)CCCCc2ccc3c(n2)NCCC3)C1. The third-order valence-corrected chi connectivity index (χ3v) is 7.72. The number of anilines is 1. The van der Waals surface area contributed by atoms with Gasteiger partial charge in [-0.3, -0.25) is 14.4 Å². The third kappa shape index (κ3) is 6.20. The second-order valence-electron chi connectivity index (χ2n) is 10.5. The molecule has 2 aliphatic rings. The average molecular weight is 524 g/mol. The van der Waals surface area contributed by atoms with Gasteiger partial charge < -0.3 is 10.4 Å². The number of halogens is 2. The predicted octanol–water partition coefficient (Wildman–Crippen LogP) is 5.18. The van der Waals surface area contributed by atoms with Gasteiger partial charge in [0.25, 0.3) is 5.92 Å². The lowest BCUT2D eigenvalue weighted by atomic mass is 9.95. The fraction of sp³-hybridized carbons (Fsp3) is 0.483. The molecule has 7 nitrogen and oxygen atoms in total. The Bertz CT molecular complexity index is 1230. The quantitative estimate of drug-likeness (QED) is 0.337. The molecule has 0 radical (unpaired) electrons. The van der Waals surface area contributed by atoms with Crippen molar-refractivity contribution in [1.29, 1.82) is 0 Å². The van der Waals surface area contributed by atoms with E-state index in [0.29, 0.717) is 37.9 Å². The highest BCUT2D eigenvalue weighted by Gasteiger charge is 2.45. The molecule has 38 heavy (non-hydrogen) atoms. The minimum absolute atomic E-state index is 0.0614. The highest BCUT2D eigenvalue weighted by Crippen LogP contribution is 2.39. The number of likely N-dealkylation sites (tertiary alicyclic amines) is 1. The highest BCUT2D eigenvalue weighted by molar-refractivity contribution is 5.75. The third-order valence-electron chi connectivity index (χ3n) is 7.72. The Morgan fingerprint density at radius 3 is 2.84 bits per heavy atom. The number of carbonyl (C=O) groups is 1. The van der Waals surface area contributed by atoms with Crippen molar-refractivity contribution in [3.8, 4) is 0 Å². The van der Waals surface area contributed by atoms with E-state index in [2.05, 4.69) is 21.5 Å². The van der Waals surface area contributed by atoms with E-state index in [1.807, 2.05) is 36.4 Å². The number of pyridine rings is 1. The van der Waals surface area contributed by atoms with Gasteiger partial charge in [0.2, 0.25) is 0 Å². The Morgan fingerprint density at radius 2 is 2.03 bits per heavy atom. The van der Waals surface area contributed by atoms with Crippen molar-refractivity contribution in [3.05, 3.63) is 77.2 Å². The van der Waals surface area contributed by atoms with Gasteiger partial charge >= 0.3 is 5.97 Å². The molecule has 5 rings (SSSR count). The smallest absolute Gasteiger partial charge is 0.325 e. The van der Waals surface area contributed by atoms with Gasteiger partial charge in [-0.1, -0.05) is 36.4 Å². The summed E-state index contributed by atoms with van der Waals surface area (Å²) < 4.78 is 32.0. The van der Waals surface area contributed by atoms with Crippen LogP contribution in [0.2, 0.25) is 0 Å². The van der Waals surface area contributed by atoms with Crippen LogP contribution in [0, 0.1) is 5.92 Å². The Balaban J connectivity index is 1.13. The van der Waals surface area contributed by atoms with Crippen LogP contribution in [0.3, 0.4) is 0 Å². The predicted molar refractivity (Wildman–Crippen MR) is 141 cm³/mol. The summed E-state index contributed by atoms with van der Waals surface area (Å²) in [6.45, 7) is 1.83. The lowest BCUT2D eigenvalue weighted by Crippen LogP contribution is -2.35. The summed E-state index contributed by atoms with van der Waals surface area (Å²) in [6, 6.07) is 12.9. The summed E-state index contributed by atoms with van der Waals surface area (Å²) in [5, 5.41) is 17.6. The molecule has 2 atom stereocenters. The maximum atomic E-state index is 15.2. The molecular weight excluding hydrogens is 488 g/mol. The highest BCUT2D eigenvalue weighted by atomic mass is 19.3. The topological polar surface area (TPSA) is 83.3 Å². The van der Waals surface area contributed by atoms with Crippen LogP contribution in [-0.4, -0.2) is 56.3 Å². The molecule has 0 aliphatic carbocycles. The summed E-state index contributed by atoms with van der Waals surface area (Å²) in [7, 11) is 0. The molecule has 1 aromatic carbocycles. The average Bonchev–Trinajstić information content (AvgIpc) is 3.58. The molecule has 3 aromatic rings. The van der Waals surface area contributed by atoms with Crippen molar-refractivity contribution < 1.29 is 18.7 Å². The number of hydrogen-bond acceptors (Lipinski definition) is 5. The number of rotatable bonds is 11. The summed E-state index contributed by atoms with van der Waals surface area (Å²) >= 11 is 0. The first-order valence-corrected chi connectivity index (χ1v) is 13.5. The molecule has 0 saturated carbocycles. The number of aromatic nitrogens is 3. The van der Waals surface area contributed by atoms with Crippen LogP contribution in [0.15, 0.2) is 54.9 Å². The molecule has 0 bridgehead atoms. The van der Waals surface area contributed by atoms with Gasteiger partial charge in [-0.05, 0) is 62.3 Å². The van der Waals surface area contributed by atoms with Gasteiger partial charge in [-0.25, -0.2) is 13.8 Å². The zero-order chi connectivity index (χ0) is 26.5. The minimum atomic E-state index is -2.83. The second-order valence-corrected chi connectivity index (χ2v) is 10.5. The molecule has 2 N–H and O–H groups in total. The summed E-state index contributed by atoms with van der Waals surface area (Å²) in [5.41, 5.74) is 3.73. The molecule has 0 amide bonds. The van der Waals surface area contributed by atoms with Gasteiger partial charge in [-0.15, -0.1) is 0 Å². The van der Waals surface area contributed by atoms with Crippen molar-refractivity contribution in [2.75, 3.05) is 25.0 Å². The maximum Gasteiger partial charge on any atom is 0.325 e. The van der Waals surface area contributed by atoms with Crippen molar-refractivity contribution in [2.45, 2.75) is 63.5 Å². The van der Waals surface area contributed by atoms with Gasteiger partial charge in [-0.2, -0.15) is 5.10 Å².